The summed E-state index contributed by atoms with van der Waals surface area (Å²) in [6, 6.07) is 16.9. The van der Waals surface area contributed by atoms with Gasteiger partial charge in [-0.05, 0) is 73.1 Å². The van der Waals surface area contributed by atoms with Crippen LogP contribution in [0.2, 0.25) is 0 Å². The number of rotatable bonds is 10. The zero-order valence-electron chi connectivity index (χ0n) is 19.7. The summed E-state index contributed by atoms with van der Waals surface area (Å²) in [6.07, 6.45) is 15.1. The smallest absolute Gasteiger partial charge is 0.119 e. The normalized spacial score (nSPS) is 18.3. The fourth-order valence-corrected chi connectivity index (χ4v) is 4.62. The highest BCUT2D eigenvalue weighted by Gasteiger charge is 2.20. The van der Waals surface area contributed by atoms with Crippen LogP contribution in [0.25, 0.3) is 0 Å². The van der Waals surface area contributed by atoms with Gasteiger partial charge >= 0.3 is 0 Å². The fourth-order valence-electron chi connectivity index (χ4n) is 4.62. The van der Waals surface area contributed by atoms with Crippen molar-refractivity contribution >= 4 is 0 Å². The highest BCUT2D eigenvalue weighted by molar-refractivity contribution is 5.44. The van der Waals surface area contributed by atoms with Gasteiger partial charge in [0.2, 0.25) is 0 Å². The Morgan fingerprint density at radius 3 is 1.87 bits per heavy atom. The van der Waals surface area contributed by atoms with Crippen molar-refractivity contribution in [3.05, 3.63) is 65.2 Å². The lowest BCUT2D eigenvalue weighted by molar-refractivity contribution is 0.249. The van der Waals surface area contributed by atoms with Gasteiger partial charge in [0.1, 0.15) is 5.75 Å². The van der Waals surface area contributed by atoms with Crippen LogP contribution >= 0.6 is 0 Å². The largest absolute Gasteiger partial charge is 0.494 e. The quantitative estimate of drug-likeness (QED) is 0.280. The van der Waals surface area contributed by atoms with Crippen LogP contribution in [-0.4, -0.2) is 6.61 Å². The molecule has 0 bridgehead atoms. The number of unbranched alkanes of at least 4 members (excludes halogenated alkanes) is 2. The maximum Gasteiger partial charge on any atom is 0.119 e. The number of hydrogen-bond donors (Lipinski definition) is 0. The minimum Gasteiger partial charge on any atom is -0.494 e. The number of hydrogen-bond acceptors (Lipinski definition) is 1. The van der Waals surface area contributed by atoms with Crippen LogP contribution in [-0.2, 0) is 6.42 Å². The summed E-state index contributed by atoms with van der Waals surface area (Å²) >= 11 is 0. The summed E-state index contributed by atoms with van der Waals surface area (Å²) in [5.74, 6) is 9.42. The van der Waals surface area contributed by atoms with E-state index in [1.807, 2.05) is 24.3 Å². The first kappa shape index (κ1) is 23.5. The third kappa shape index (κ3) is 8.45. The third-order valence-electron chi connectivity index (χ3n) is 6.66. The molecule has 0 radical (unpaired) electrons. The molecule has 2 aromatic carbocycles. The standard InChI is InChI=1S/C30H40O/c1-3-5-6-7-25-8-10-26(11-9-25)12-13-27-14-16-28(17-15-27)18-19-29-20-22-30(23-21-29)31-24-4-2/h14-17,20-23,25-26H,3-13,24H2,1-2H3/t25-,26-. The highest BCUT2D eigenvalue weighted by atomic mass is 16.5. The Bertz CT molecular complexity index is 798. The minimum atomic E-state index is 0.762. The van der Waals surface area contributed by atoms with Gasteiger partial charge in [0.15, 0.2) is 0 Å². The van der Waals surface area contributed by atoms with Crippen molar-refractivity contribution in [3.8, 4) is 17.6 Å². The molecule has 0 heterocycles. The first-order valence-corrected chi connectivity index (χ1v) is 12.6. The zero-order valence-corrected chi connectivity index (χ0v) is 19.7. The Kier molecular flexibility index (Phi) is 10.0. The van der Waals surface area contributed by atoms with Gasteiger partial charge in [-0.25, -0.2) is 0 Å². The van der Waals surface area contributed by atoms with Gasteiger partial charge in [-0.1, -0.05) is 89.2 Å². The summed E-state index contributed by atoms with van der Waals surface area (Å²) in [4.78, 5) is 0. The average molecular weight is 417 g/mol. The van der Waals surface area contributed by atoms with Gasteiger partial charge in [0, 0.05) is 11.1 Å². The molecule has 0 aromatic heterocycles. The van der Waals surface area contributed by atoms with Gasteiger partial charge in [-0.3, -0.25) is 0 Å². The predicted molar refractivity (Wildman–Crippen MR) is 133 cm³/mol. The van der Waals surface area contributed by atoms with Crippen LogP contribution < -0.4 is 4.74 Å². The number of benzene rings is 2. The second-order valence-corrected chi connectivity index (χ2v) is 9.24. The second kappa shape index (κ2) is 13.3. The van der Waals surface area contributed by atoms with Gasteiger partial charge < -0.3 is 4.74 Å². The summed E-state index contributed by atoms with van der Waals surface area (Å²) in [6.45, 7) is 5.18. The van der Waals surface area contributed by atoms with E-state index in [-0.39, 0.29) is 0 Å². The molecule has 1 nitrogen and oxygen atoms in total. The van der Waals surface area contributed by atoms with Crippen LogP contribution in [0.5, 0.6) is 5.75 Å². The predicted octanol–water partition coefficient (Wildman–Crippen LogP) is 8.19. The van der Waals surface area contributed by atoms with Crippen LogP contribution in [0, 0.1) is 23.7 Å². The van der Waals surface area contributed by atoms with Crippen molar-refractivity contribution in [2.75, 3.05) is 6.61 Å². The van der Waals surface area contributed by atoms with Crippen LogP contribution in [0.4, 0.5) is 0 Å². The molecule has 1 aliphatic rings. The number of aryl methyl sites for hydroxylation is 1. The molecule has 1 saturated carbocycles. The van der Waals surface area contributed by atoms with Crippen molar-refractivity contribution in [2.45, 2.75) is 84.5 Å². The van der Waals surface area contributed by atoms with Crippen molar-refractivity contribution in [2.24, 2.45) is 11.8 Å². The Hall–Kier alpha value is -2.20. The molecule has 1 fully saturated rings. The van der Waals surface area contributed by atoms with E-state index in [0.717, 1.165) is 41.7 Å². The van der Waals surface area contributed by atoms with Crippen molar-refractivity contribution in [3.63, 3.8) is 0 Å². The monoisotopic (exact) mass is 416 g/mol. The molecule has 0 saturated heterocycles. The van der Waals surface area contributed by atoms with E-state index in [0.29, 0.717) is 0 Å². The van der Waals surface area contributed by atoms with Crippen molar-refractivity contribution in [1.82, 2.24) is 0 Å². The molecule has 0 amide bonds. The summed E-state index contributed by atoms with van der Waals surface area (Å²) in [7, 11) is 0. The molecule has 3 rings (SSSR count). The lowest BCUT2D eigenvalue weighted by atomic mass is 9.78. The van der Waals surface area contributed by atoms with Crippen LogP contribution in [0.15, 0.2) is 48.5 Å². The van der Waals surface area contributed by atoms with Crippen LogP contribution in [0.1, 0.15) is 94.7 Å². The Morgan fingerprint density at radius 1 is 0.710 bits per heavy atom. The third-order valence-corrected chi connectivity index (χ3v) is 6.66. The molecular formula is C30H40O. The Morgan fingerprint density at radius 2 is 1.29 bits per heavy atom. The molecule has 0 unspecified atom stereocenters. The lowest BCUT2D eigenvalue weighted by Crippen LogP contribution is -2.15. The summed E-state index contributed by atoms with van der Waals surface area (Å²) < 4.78 is 5.63. The highest BCUT2D eigenvalue weighted by Crippen LogP contribution is 2.34. The van der Waals surface area contributed by atoms with Gasteiger partial charge in [-0.2, -0.15) is 0 Å². The SMILES string of the molecule is CCCCC[C@H]1CC[C@H](CCc2ccc(C#Cc3ccc(OCCC)cc3)cc2)CC1. The molecule has 31 heavy (non-hydrogen) atoms. The molecule has 0 atom stereocenters. The summed E-state index contributed by atoms with van der Waals surface area (Å²) in [5, 5.41) is 0. The van der Waals surface area contributed by atoms with E-state index in [1.165, 1.54) is 69.8 Å². The topological polar surface area (TPSA) is 9.23 Å². The Balaban J connectivity index is 1.40. The second-order valence-electron chi connectivity index (χ2n) is 9.24. The lowest BCUT2D eigenvalue weighted by Gasteiger charge is -2.28. The summed E-state index contributed by atoms with van der Waals surface area (Å²) in [5.41, 5.74) is 3.56. The molecule has 0 aliphatic heterocycles. The van der Waals surface area contributed by atoms with E-state index >= 15 is 0 Å². The molecular weight excluding hydrogens is 376 g/mol. The Labute approximate surface area is 190 Å². The molecule has 1 heteroatoms. The maximum absolute atomic E-state index is 5.63. The molecule has 2 aromatic rings. The minimum absolute atomic E-state index is 0.762. The maximum atomic E-state index is 5.63. The fraction of sp³-hybridized carbons (Fsp3) is 0.533. The first-order valence-electron chi connectivity index (χ1n) is 12.6. The van der Waals surface area contributed by atoms with E-state index in [9.17, 15) is 0 Å². The van der Waals surface area contributed by atoms with Crippen molar-refractivity contribution in [1.29, 1.82) is 0 Å². The van der Waals surface area contributed by atoms with E-state index in [1.54, 1.807) is 0 Å². The molecule has 166 valence electrons. The molecule has 1 aliphatic carbocycles. The van der Waals surface area contributed by atoms with Crippen molar-refractivity contribution < 1.29 is 4.74 Å². The first-order chi connectivity index (χ1) is 15.3. The van der Waals surface area contributed by atoms with Gasteiger partial charge in [-0.15, -0.1) is 0 Å². The molecule has 0 N–H and O–H groups in total. The van der Waals surface area contributed by atoms with Gasteiger partial charge in [0.25, 0.3) is 0 Å². The van der Waals surface area contributed by atoms with E-state index in [4.69, 9.17) is 4.74 Å². The molecule has 0 spiro atoms. The average Bonchev–Trinajstić information content (AvgIpc) is 2.82. The van der Waals surface area contributed by atoms with Crippen LogP contribution in [0.3, 0.4) is 0 Å². The van der Waals surface area contributed by atoms with E-state index < -0.39 is 0 Å². The van der Waals surface area contributed by atoms with Gasteiger partial charge in [0.05, 0.1) is 6.61 Å². The zero-order chi connectivity index (χ0) is 21.7. The number of ether oxygens (including phenoxy) is 1. The van der Waals surface area contributed by atoms with E-state index in [2.05, 4.69) is 50.0 Å².